The number of carbonyl (C=O) groups is 1. The van der Waals surface area contributed by atoms with Gasteiger partial charge in [-0.2, -0.15) is 0 Å². The summed E-state index contributed by atoms with van der Waals surface area (Å²) in [5.41, 5.74) is 1.91. The molecule has 1 atom stereocenters. The Morgan fingerprint density at radius 1 is 1.23 bits per heavy atom. The van der Waals surface area contributed by atoms with Gasteiger partial charge in [0.25, 0.3) is 0 Å². The number of amides is 1. The Bertz CT molecular complexity index is 728. The molecule has 2 aliphatic heterocycles. The van der Waals surface area contributed by atoms with E-state index in [0.29, 0.717) is 32.5 Å². The molecule has 0 radical (unpaired) electrons. The molecule has 2 aliphatic rings. The van der Waals surface area contributed by atoms with Crippen LogP contribution in [0.15, 0.2) is 35.3 Å². The van der Waals surface area contributed by atoms with Crippen molar-refractivity contribution in [2.45, 2.75) is 31.8 Å². The summed E-state index contributed by atoms with van der Waals surface area (Å²) in [6, 6.07) is 3.79. The lowest BCUT2D eigenvalue weighted by Crippen LogP contribution is -2.42. The number of hydrogen-bond acceptors (Lipinski definition) is 6. The van der Waals surface area contributed by atoms with E-state index >= 15 is 0 Å². The van der Waals surface area contributed by atoms with Crippen molar-refractivity contribution in [1.29, 1.82) is 0 Å². The van der Waals surface area contributed by atoms with E-state index in [1.54, 1.807) is 18.7 Å². The normalized spacial score (nSPS) is 20.5. The zero-order valence-electron chi connectivity index (χ0n) is 14.8. The predicted octanol–water partition coefficient (Wildman–Crippen LogP) is 2.20. The molecule has 2 aromatic rings. The number of morpholine rings is 1. The molecule has 7 nitrogen and oxygen atoms in total. The van der Waals surface area contributed by atoms with Gasteiger partial charge < -0.3 is 19.0 Å². The van der Waals surface area contributed by atoms with E-state index in [0.717, 1.165) is 30.3 Å². The van der Waals surface area contributed by atoms with Gasteiger partial charge in [-0.1, -0.05) is 0 Å². The van der Waals surface area contributed by atoms with Crippen LogP contribution >= 0.6 is 0 Å². The van der Waals surface area contributed by atoms with Crippen LogP contribution in [-0.2, 0) is 16.0 Å². The molecule has 0 spiro atoms. The number of carbonyl (C=O) groups excluding carboxylic acids is 1. The van der Waals surface area contributed by atoms with Gasteiger partial charge in [-0.25, -0.2) is 9.97 Å². The van der Waals surface area contributed by atoms with Crippen molar-refractivity contribution in [2.24, 2.45) is 0 Å². The lowest BCUT2D eigenvalue weighted by molar-refractivity contribution is -0.139. The van der Waals surface area contributed by atoms with Gasteiger partial charge in [0.15, 0.2) is 0 Å². The second-order valence-corrected chi connectivity index (χ2v) is 6.81. The van der Waals surface area contributed by atoms with Crippen LogP contribution < -0.4 is 4.90 Å². The summed E-state index contributed by atoms with van der Waals surface area (Å²) in [6.07, 6.45) is 8.48. The minimum Gasteiger partial charge on any atom is -0.472 e. The van der Waals surface area contributed by atoms with E-state index in [1.807, 2.05) is 17.0 Å². The van der Waals surface area contributed by atoms with Crippen LogP contribution in [0.1, 0.15) is 36.6 Å². The lowest BCUT2D eigenvalue weighted by atomic mass is 10.1. The highest BCUT2D eigenvalue weighted by molar-refractivity contribution is 5.76. The van der Waals surface area contributed by atoms with Crippen LogP contribution in [0.4, 0.5) is 5.95 Å². The first-order valence-electron chi connectivity index (χ1n) is 9.28. The van der Waals surface area contributed by atoms with E-state index < -0.39 is 0 Å². The molecule has 1 unspecified atom stereocenters. The monoisotopic (exact) mass is 356 g/mol. The molecule has 0 aromatic carbocycles. The van der Waals surface area contributed by atoms with E-state index in [1.165, 1.54) is 12.8 Å². The van der Waals surface area contributed by atoms with Gasteiger partial charge in [0, 0.05) is 32.3 Å². The van der Waals surface area contributed by atoms with E-state index in [2.05, 4.69) is 9.88 Å². The Morgan fingerprint density at radius 2 is 2.12 bits per heavy atom. The maximum absolute atomic E-state index is 12.5. The molecule has 0 bridgehead atoms. The SMILES string of the molecule is O=C(CCc1ccoc1)N1CCOC(c2ccnc(N3CCCC3)n2)C1. The third-order valence-electron chi connectivity index (χ3n) is 5.01. The first-order chi connectivity index (χ1) is 12.8. The first kappa shape index (κ1) is 17.0. The van der Waals surface area contributed by atoms with Crippen molar-refractivity contribution >= 4 is 11.9 Å². The fraction of sp³-hybridized carbons (Fsp3) is 0.526. The van der Waals surface area contributed by atoms with Gasteiger partial charge in [-0.15, -0.1) is 0 Å². The summed E-state index contributed by atoms with van der Waals surface area (Å²) in [6.45, 7) is 3.72. The van der Waals surface area contributed by atoms with Crippen LogP contribution in [-0.4, -0.2) is 53.6 Å². The Kier molecular flexibility index (Phi) is 5.15. The number of rotatable bonds is 5. The van der Waals surface area contributed by atoms with Crippen molar-refractivity contribution < 1.29 is 13.9 Å². The second-order valence-electron chi connectivity index (χ2n) is 6.81. The molecular formula is C19H24N4O3. The van der Waals surface area contributed by atoms with Gasteiger partial charge in [0.05, 0.1) is 31.4 Å². The summed E-state index contributed by atoms with van der Waals surface area (Å²) in [4.78, 5) is 25.7. The summed E-state index contributed by atoms with van der Waals surface area (Å²) in [5, 5.41) is 0. The Morgan fingerprint density at radius 3 is 2.92 bits per heavy atom. The molecule has 4 heterocycles. The van der Waals surface area contributed by atoms with E-state index in [9.17, 15) is 4.79 Å². The van der Waals surface area contributed by atoms with Crippen molar-refractivity contribution in [1.82, 2.24) is 14.9 Å². The predicted molar refractivity (Wildman–Crippen MR) is 95.8 cm³/mol. The molecule has 2 saturated heterocycles. The Balaban J connectivity index is 1.38. The molecular weight excluding hydrogens is 332 g/mol. The molecule has 0 saturated carbocycles. The number of nitrogens with zero attached hydrogens (tertiary/aromatic N) is 4. The quantitative estimate of drug-likeness (QED) is 0.818. The smallest absolute Gasteiger partial charge is 0.225 e. The third kappa shape index (κ3) is 3.88. The van der Waals surface area contributed by atoms with Crippen LogP contribution in [0.2, 0.25) is 0 Å². The van der Waals surface area contributed by atoms with Gasteiger partial charge >= 0.3 is 0 Å². The highest BCUT2D eigenvalue weighted by Crippen LogP contribution is 2.23. The standard InChI is InChI=1S/C19H24N4O3/c24-18(4-3-15-6-11-25-14-15)23-10-12-26-17(13-23)16-5-7-20-19(21-16)22-8-1-2-9-22/h5-7,11,14,17H,1-4,8-10,12-13H2. The molecule has 26 heavy (non-hydrogen) atoms. The largest absolute Gasteiger partial charge is 0.472 e. The van der Waals surface area contributed by atoms with Crippen LogP contribution in [0.3, 0.4) is 0 Å². The number of hydrogen-bond donors (Lipinski definition) is 0. The second kappa shape index (κ2) is 7.86. The number of ether oxygens (including phenoxy) is 1. The van der Waals surface area contributed by atoms with Gasteiger partial charge in [-0.05, 0) is 37.0 Å². The van der Waals surface area contributed by atoms with Gasteiger partial charge in [-0.3, -0.25) is 4.79 Å². The number of aromatic nitrogens is 2. The molecule has 4 rings (SSSR count). The van der Waals surface area contributed by atoms with Crippen LogP contribution in [0.25, 0.3) is 0 Å². The molecule has 2 aromatic heterocycles. The maximum Gasteiger partial charge on any atom is 0.225 e. The van der Waals surface area contributed by atoms with Crippen molar-refractivity contribution in [3.63, 3.8) is 0 Å². The highest BCUT2D eigenvalue weighted by atomic mass is 16.5. The average Bonchev–Trinajstić information content (AvgIpc) is 3.40. The molecule has 7 heteroatoms. The molecule has 2 fully saturated rings. The molecule has 0 aliphatic carbocycles. The van der Waals surface area contributed by atoms with Crippen molar-refractivity contribution in [3.05, 3.63) is 42.1 Å². The van der Waals surface area contributed by atoms with Crippen molar-refractivity contribution in [2.75, 3.05) is 37.7 Å². The minimum absolute atomic E-state index is 0.147. The Labute approximate surface area is 153 Å². The fourth-order valence-corrected chi connectivity index (χ4v) is 3.51. The highest BCUT2D eigenvalue weighted by Gasteiger charge is 2.27. The van der Waals surface area contributed by atoms with E-state index in [4.69, 9.17) is 14.1 Å². The Hall–Kier alpha value is -2.41. The summed E-state index contributed by atoms with van der Waals surface area (Å²) < 4.78 is 11.0. The van der Waals surface area contributed by atoms with Crippen LogP contribution in [0.5, 0.6) is 0 Å². The molecule has 138 valence electrons. The van der Waals surface area contributed by atoms with Gasteiger partial charge in [0.2, 0.25) is 11.9 Å². The summed E-state index contributed by atoms with van der Waals surface area (Å²) >= 11 is 0. The van der Waals surface area contributed by atoms with Crippen LogP contribution in [0, 0.1) is 0 Å². The summed E-state index contributed by atoms with van der Waals surface area (Å²) in [7, 11) is 0. The zero-order valence-corrected chi connectivity index (χ0v) is 14.8. The number of furan rings is 1. The summed E-state index contributed by atoms with van der Waals surface area (Å²) in [5.74, 6) is 0.917. The zero-order chi connectivity index (χ0) is 17.8. The topological polar surface area (TPSA) is 71.7 Å². The maximum atomic E-state index is 12.5. The number of anilines is 1. The van der Waals surface area contributed by atoms with E-state index in [-0.39, 0.29) is 12.0 Å². The fourth-order valence-electron chi connectivity index (χ4n) is 3.51. The average molecular weight is 356 g/mol. The van der Waals surface area contributed by atoms with Crippen molar-refractivity contribution in [3.8, 4) is 0 Å². The third-order valence-corrected chi connectivity index (χ3v) is 5.01. The first-order valence-corrected chi connectivity index (χ1v) is 9.28. The lowest BCUT2D eigenvalue weighted by Gasteiger charge is -2.33. The number of aryl methyl sites for hydroxylation is 1. The van der Waals surface area contributed by atoms with Gasteiger partial charge in [0.1, 0.15) is 6.10 Å². The molecule has 0 N–H and O–H groups in total. The molecule has 1 amide bonds. The minimum atomic E-state index is -0.189.